The van der Waals surface area contributed by atoms with Gasteiger partial charge in [-0.2, -0.15) is 0 Å². The fourth-order valence-electron chi connectivity index (χ4n) is 3.18. The summed E-state index contributed by atoms with van der Waals surface area (Å²) in [5.41, 5.74) is 0.866. The number of hydrogen-bond acceptors (Lipinski definition) is 8. The Labute approximate surface area is 202 Å². The van der Waals surface area contributed by atoms with Gasteiger partial charge in [0, 0.05) is 22.2 Å². The number of carbonyl (C=O) groups is 3. The number of esters is 1. The van der Waals surface area contributed by atoms with Gasteiger partial charge in [0.05, 0.1) is 29.2 Å². The van der Waals surface area contributed by atoms with Crippen molar-refractivity contribution in [3.8, 4) is 11.3 Å². The van der Waals surface area contributed by atoms with E-state index >= 15 is 0 Å². The van der Waals surface area contributed by atoms with Gasteiger partial charge in [0.15, 0.2) is 4.32 Å². The molecule has 2 heterocycles. The van der Waals surface area contributed by atoms with E-state index in [2.05, 4.69) is 0 Å². The second-order valence-corrected chi connectivity index (χ2v) is 8.79. The molecule has 2 aromatic carbocycles. The van der Waals surface area contributed by atoms with E-state index in [1.54, 1.807) is 42.5 Å². The van der Waals surface area contributed by atoms with Gasteiger partial charge in [-0.1, -0.05) is 47.7 Å². The summed E-state index contributed by atoms with van der Waals surface area (Å²) >= 11 is 12.3. The van der Waals surface area contributed by atoms with E-state index in [4.69, 9.17) is 33.0 Å². The molecule has 10 heteroatoms. The predicted molar refractivity (Wildman–Crippen MR) is 127 cm³/mol. The number of methoxy groups -OCH3 is 1. The number of furan rings is 1. The number of carbonyl (C=O) groups excluding carboxylic acids is 3. The zero-order valence-electron chi connectivity index (χ0n) is 16.9. The quantitative estimate of drug-likeness (QED) is 0.294. The molecule has 1 saturated heterocycles. The lowest BCUT2D eigenvalue weighted by molar-refractivity contribution is -0.255. The molecule has 0 bridgehead atoms. The zero-order valence-corrected chi connectivity index (χ0v) is 19.3. The molecule has 0 N–H and O–H groups in total. The molecule has 7 nitrogen and oxygen atoms in total. The maximum Gasteiger partial charge on any atom is 0.339 e. The highest BCUT2D eigenvalue weighted by molar-refractivity contribution is 8.27. The molecule has 1 aromatic heterocycles. The summed E-state index contributed by atoms with van der Waals surface area (Å²) < 4.78 is 10.8. The molecule has 0 aliphatic carbocycles. The summed E-state index contributed by atoms with van der Waals surface area (Å²) in [4.78, 5) is 38.0. The number of ether oxygens (including phenoxy) is 1. The summed E-state index contributed by atoms with van der Waals surface area (Å²) in [6.07, 6.45) is 1.53. The molecule has 0 spiro atoms. The lowest BCUT2D eigenvalue weighted by Gasteiger charge is -2.17. The predicted octanol–water partition coefficient (Wildman–Crippen LogP) is 4.16. The number of hydrogen-bond donors (Lipinski definition) is 0. The number of thioether (sulfide) groups is 1. The summed E-state index contributed by atoms with van der Waals surface area (Å²) in [5.74, 6) is -1.66. The van der Waals surface area contributed by atoms with E-state index in [9.17, 15) is 19.5 Å². The summed E-state index contributed by atoms with van der Waals surface area (Å²) in [5, 5.41) is 11.3. The number of benzene rings is 2. The normalized spacial score (nSPS) is 14.7. The van der Waals surface area contributed by atoms with Gasteiger partial charge in [-0.3, -0.25) is 9.69 Å². The average molecular weight is 499 g/mol. The van der Waals surface area contributed by atoms with Crippen LogP contribution in [0.1, 0.15) is 26.5 Å². The van der Waals surface area contributed by atoms with E-state index in [1.165, 1.54) is 30.2 Å². The lowest BCUT2D eigenvalue weighted by atomic mass is 10.1. The first-order chi connectivity index (χ1) is 15.8. The number of anilines is 1. The van der Waals surface area contributed by atoms with E-state index in [0.29, 0.717) is 27.7 Å². The smallest absolute Gasteiger partial charge is 0.339 e. The first kappa shape index (κ1) is 22.8. The molecule has 33 heavy (non-hydrogen) atoms. The topological polar surface area (TPSA) is 99.9 Å². The van der Waals surface area contributed by atoms with Crippen LogP contribution in [0.4, 0.5) is 5.69 Å². The number of thiocarbonyl (C=S) groups is 1. The van der Waals surface area contributed by atoms with Gasteiger partial charge in [-0.25, -0.2) is 4.79 Å². The van der Waals surface area contributed by atoms with Crippen LogP contribution < -0.4 is 10.0 Å². The Hall–Kier alpha value is -3.40. The van der Waals surface area contributed by atoms with Gasteiger partial charge in [0.1, 0.15) is 11.5 Å². The summed E-state index contributed by atoms with van der Waals surface area (Å²) in [6, 6.07) is 14.2. The van der Waals surface area contributed by atoms with Crippen LogP contribution in [0.5, 0.6) is 0 Å². The summed E-state index contributed by atoms with van der Waals surface area (Å²) in [6.45, 7) is 0. The monoisotopic (exact) mass is 498 g/mol. The van der Waals surface area contributed by atoms with Crippen LogP contribution in [0.2, 0.25) is 5.02 Å². The van der Waals surface area contributed by atoms with E-state index < -0.39 is 17.8 Å². The molecule has 0 radical (unpaired) electrons. The van der Waals surface area contributed by atoms with Crippen molar-refractivity contribution in [3.05, 3.63) is 81.4 Å². The Morgan fingerprint density at radius 3 is 2.64 bits per heavy atom. The van der Waals surface area contributed by atoms with Crippen molar-refractivity contribution in [1.29, 1.82) is 0 Å². The SMILES string of the molecule is COC(=O)c1ccccc1N1C(=O)/C(=C\c2ccc(-c3ccc(Cl)c(C(=O)[O-])c3)o2)SC1=S. The first-order valence-corrected chi connectivity index (χ1v) is 11.0. The molecule has 0 atom stereocenters. The maximum absolute atomic E-state index is 13.1. The number of amides is 1. The van der Waals surface area contributed by atoms with Gasteiger partial charge in [0.2, 0.25) is 0 Å². The van der Waals surface area contributed by atoms with E-state index in [-0.39, 0.29) is 20.5 Å². The average Bonchev–Trinajstić information content (AvgIpc) is 3.37. The highest BCUT2D eigenvalue weighted by Crippen LogP contribution is 2.38. The van der Waals surface area contributed by atoms with Crippen LogP contribution in [0.15, 0.2) is 63.9 Å². The molecule has 1 fully saturated rings. The number of aromatic carboxylic acids is 1. The van der Waals surface area contributed by atoms with Crippen LogP contribution in [0.3, 0.4) is 0 Å². The van der Waals surface area contributed by atoms with Crippen molar-refractivity contribution >= 4 is 69.5 Å². The molecule has 1 aliphatic rings. The fraction of sp³-hybridized carbons (Fsp3) is 0.0435. The van der Waals surface area contributed by atoms with Crippen LogP contribution in [0, 0.1) is 0 Å². The van der Waals surface area contributed by atoms with Gasteiger partial charge < -0.3 is 19.1 Å². The van der Waals surface area contributed by atoms with Crippen molar-refractivity contribution in [2.75, 3.05) is 12.0 Å². The molecule has 166 valence electrons. The van der Waals surface area contributed by atoms with E-state index in [1.807, 2.05) is 0 Å². The van der Waals surface area contributed by atoms with Crippen LogP contribution in [0.25, 0.3) is 17.4 Å². The Bertz CT molecular complexity index is 1350. The van der Waals surface area contributed by atoms with Crippen molar-refractivity contribution < 1.29 is 28.6 Å². The lowest BCUT2D eigenvalue weighted by Crippen LogP contribution is -2.29. The molecule has 1 aliphatic heterocycles. The first-order valence-electron chi connectivity index (χ1n) is 9.36. The minimum atomic E-state index is -1.40. The second-order valence-electron chi connectivity index (χ2n) is 6.71. The maximum atomic E-state index is 13.1. The Morgan fingerprint density at radius 1 is 1.15 bits per heavy atom. The van der Waals surface area contributed by atoms with Crippen LogP contribution in [-0.4, -0.2) is 29.3 Å². The minimum Gasteiger partial charge on any atom is -0.545 e. The molecule has 0 unspecified atom stereocenters. The van der Waals surface area contributed by atoms with Crippen molar-refractivity contribution in [2.45, 2.75) is 0 Å². The number of para-hydroxylation sites is 1. The number of carboxylic acid groups (broad SMARTS) is 1. The van der Waals surface area contributed by atoms with Crippen molar-refractivity contribution in [1.82, 2.24) is 0 Å². The van der Waals surface area contributed by atoms with Gasteiger partial charge in [-0.15, -0.1) is 0 Å². The van der Waals surface area contributed by atoms with Gasteiger partial charge >= 0.3 is 5.97 Å². The molecular weight excluding hydrogens is 486 g/mol. The zero-order chi connectivity index (χ0) is 23.7. The summed E-state index contributed by atoms with van der Waals surface area (Å²) in [7, 11) is 1.26. The highest BCUT2D eigenvalue weighted by Gasteiger charge is 2.35. The van der Waals surface area contributed by atoms with E-state index in [0.717, 1.165) is 11.8 Å². The van der Waals surface area contributed by atoms with Crippen LogP contribution in [-0.2, 0) is 9.53 Å². The Kier molecular flexibility index (Phi) is 6.37. The third-order valence-corrected chi connectivity index (χ3v) is 6.35. The standard InChI is InChI=1S/C23H14ClNO6S2/c1-30-22(29)14-4-2-3-5-17(14)25-20(26)19(33-23(25)32)11-13-7-9-18(31-13)12-6-8-16(24)15(10-12)21(27)28/h2-11H,1H3,(H,27,28)/p-1/b19-11+. The number of carboxylic acids is 1. The molecular formula is C23H13ClNO6S2-. The third kappa shape index (κ3) is 4.43. The van der Waals surface area contributed by atoms with Gasteiger partial charge in [-0.05, 0) is 42.5 Å². The molecule has 3 aromatic rings. The number of halogens is 1. The molecule has 0 saturated carbocycles. The molecule has 1 amide bonds. The molecule has 4 rings (SSSR count). The second kappa shape index (κ2) is 9.22. The Balaban J connectivity index is 1.64. The van der Waals surface area contributed by atoms with Crippen molar-refractivity contribution in [3.63, 3.8) is 0 Å². The van der Waals surface area contributed by atoms with Gasteiger partial charge in [0.25, 0.3) is 5.91 Å². The number of nitrogens with zero attached hydrogens (tertiary/aromatic N) is 1. The Morgan fingerprint density at radius 2 is 1.91 bits per heavy atom. The highest BCUT2D eigenvalue weighted by atomic mass is 35.5. The fourth-order valence-corrected chi connectivity index (χ4v) is 4.64. The third-order valence-electron chi connectivity index (χ3n) is 4.71. The number of rotatable bonds is 5. The minimum absolute atomic E-state index is 0.0569. The van der Waals surface area contributed by atoms with Crippen molar-refractivity contribution in [2.24, 2.45) is 0 Å². The largest absolute Gasteiger partial charge is 0.545 e. The van der Waals surface area contributed by atoms with Crippen LogP contribution >= 0.6 is 35.6 Å².